The highest BCUT2D eigenvalue weighted by molar-refractivity contribution is 5.94. The number of benzene rings is 1. The highest BCUT2D eigenvalue weighted by Gasteiger charge is 2.09. The number of hydrogen-bond acceptors (Lipinski definition) is 3. The molecule has 0 unspecified atom stereocenters. The second-order valence-electron chi connectivity index (χ2n) is 4.55. The van der Waals surface area contributed by atoms with Crippen molar-refractivity contribution in [2.75, 3.05) is 31.1 Å². The molecule has 3 heteroatoms. The molecule has 0 atom stereocenters. The molecule has 1 heterocycles. The van der Waals surface area contributed by atoms with E-state index in [1.807, 2.05) is 12.1 Å². The molecule has 1 aromatic carbocycles. The lowest BCUT2D eigenvalue weighted by Gasteiger charge is -2.27. The van der Waals surface area contributed by atoms with E-state index in [1.165, 1.54) is 18.5 Å². The molecule has 0 saturated carbocycles. The lowest BCUT2D eigenvalue weighted by atomic mass is 10.1. The Bertz CT molecular complexity index is 364. The van der Waals surface area contributed by atoms with Gasteiger partial charge in [0.25, 0.3) is 0 Å². The molecule has 0 aromatic heterocycles. The van der Waals surface area contributed by atoms with Crippen molar-refractivity contribution >= 4 is 11.5 Å². The van der Waals surface area contributed by atoms with Crippen LogP contribution in [-0.4, -0.2) is 32.0 Å². The number of carbonyl (C=O) groups excluding carboxylic acids is 1. The van der Waals surface area contributed by atoms with Crippen LogP contribution in [-0.2, 0) is 0 Å². The van der Waals surface area contributed by atoms with Gasteiger partial charge < -0.3 is 10.2 Å². The smallest absolute Gasteiger partial charge is 0.159 e. The zero-order valence-corrected chi connectivity index (χ0v) is 10.4. The van der Waals surface area contributed by atoms with E-state index in [1.54, 1.807) is 6.92 Å². The molecule has 0 radical (unpaired) electrons. The van der Waals surface area contributed by atoms with Crippen LogP contribution in [0.5, 0.6) is 0 Å². The molecule has 3 nitrogen and oxygen atoms in total. The Kier molecular flexibility index (Phi) is 4.15. The Balaban J connectivity index is 2.06. The summed E-state index contributed by atoms with van der Waals surface area (Å²) in [6.07, 6.45) is 2.35. The summed E-state index contributed by atoms with van der Waals surface area (Å²) in [7, 11) is 0. The molecule has 2 rings (SSSR count). The fraction of sp³-hybridized carbons (Fsp3) is 0.500. The largest absolute Gasteiger partial charge is 0.371 e. The molecular formula is C14H20N2O. The van der Waals surface area contributed by atoms with Crippen molar-refractivity contribution in [2.45, 2.75) is 19.8 Å². The van der Waals surface area contributed by atoms with Crippen LogP contribution < -0.4 is 10.2 Å². The molecule has 0 amide bonds. The maximum atomic E-state index is 11.2. The van der Waals surface area contributed by atoms with Gasteiger partial charge in [-0.3, -0.25) is 4.79 Å². The number of nitrogens with zero attached hydrogens (tertiary/aromatic N) is 1. The maximum Gasteiger partial charge on any atom is 0.159 e. The number of nitrogens with one attached hydrogen (secondary N) is 1. The third-order valence-electron chi connectivity index (χ3n) is 3.20. The van der Waals surface area contributed by atoms with Crippen molar-refractivity contribution < 1.29 is 4.79 Å². The van der Waals surface area contributed by atoms with Gasteiger partial charge >= 0.3 is 0 Å². The number of hydrogen-bond donors (Lipinski definition) is 1. The van der Waals surface area contributed by atoms with Crippen LogP contribution in [0.3, 0.4) is 0 Å². The minimum atomic E-state index is 0.133. The highest BCUT2D eigenvalue weighted by atomic mass is 16.1. The first-order valence-electron chi connectivity index (χ1n) is 6.34. The molecule has 0 spiro atoms. The Morgan fingerprint density at radius 2 is 1.71 bits per heavy atom. The lowest BCUT2D eigenvalue weighted by Crippen LogP contribution is -2.33. The molecule has 92 valence electrons. The van der Waals surface area contributed by atoms with E-state index >= 15 is 0 Å². The van der Waals surface area contributed by atoms with Crippen LogP contribution in [0.2, 0.25) is 0 Å². The summed E-state index contributed by atoms with van der Waals surface area (Å²) in [5, 5.41) is 3.41. The standard InChI is InChI=1S/C14H20N2O/c1-12(17)13-4-6-14(7-5-13)16-10-2-8-15-9-3-11-16/h4-7,15H,2-3,8-11H2,1H3. The van der Waals surface area contributed by atoms with Crippen LogP contribution in [0.4, 0.5) is 5.69 Å². The van der Waals surface area contributed by atoms with E-state index in [-0.39, 0.29) is 5.78 Å². The summed E-state index contributed by atoms with van der Waals surface area (Å²) in [5.74, 6) is 0.133. The number of anilines is 1. The molecule has 1 N–H and O–H groups in total. The van der Waals surface area contributed by atoms with Gasteiger partial charge in [-0.05, 0) is 57.1 Å². The third kappa shape index (κ3) is 3.30. The van der Waals surface area contributed by atoms with Crippen molar-refractivity contribution in [3.05, 3.63) is 29.8 Å². The molecule has 17 heavy (non-hydrogen) atoms. The predicted molar refractivity (Wildman–Crippen MR) is 70.8 cm³/mol. The van der Waals surface area contributed by atoms with Gasteiger partial charge in [0.1, 0.15) is 0 Å². The van der Waals surface area contributed by atoms with Crippen LogP contribution in [0.25, 0.3) is 0 Å². The normalized spacial score (nSPS) is 17.4. The Morgan fingerprint density at radius 1 is 1.12 bits per heavy atom. The van der Waals surface area contributed by atoms with Crippen LogP contribution in [0.1, 0.15) is 30.1 Å². The van der Waals surface area contributed by atoms with E-state index in [9.17, 15) is 4.79 Å². The van der Waals surface area contributed by atoms with Crippen LogP contribution in [0, 0.1) is 0 Å². The van der Waals surface area contributed by atoms with Gasteiger partial charge in [-0.1, -0.05) is 0 Å². The minimum Gasteiger partial charge on any atom is -0.371 e. The molecule has 1 fully saturated rings. The van der Waals surface area contributed by atoms with Crippen molar-refractivity contribution in [1.82, 2.24) is 5.32 Å². The number of rotatable bonds is 2. The molecule has 1 aliphatic rings. The number of carbonyl (C=O) groups is 1. The van der Waals surface area contributed by atoms with Crippen molar-refractivity contribution in [3.8, 4) is 0 Å². The summed E-state index contributed by atoms with van der Waals surface area (Å²) in [6.45, 7) is 5.99. The molecule has 1 aromatic rings. The van der Waals surface area contributed by atoms with Gasteiger partial charge in [0, 0.05) is 24.3 Å². The summed E-state index contributed by atoms with van der Waals surface area (Å²) in [5.41, 5.74) is 2.03. The lowest BCUT2D eigenvalue weighted by molar-refractivity contribution is 0.101. The van der Waals surface area contributed by atoms with E-state index in [4.69, 9.17) is 0 Å². The molecule has 1 saturated heterocycles. The van der Waals surface area contributed by atoms with Crippen molar-refractivity contribution in [2.24, 2.45) is 0 Å². The predicted octanol–water partition coefficient (Wildman–Crippen LogP) is 2.08. The van der Waals surface area contributed by atoms with Crippen molar-refractivity contribution in [3.63, 3.8) is 0 Å². The first-order valence-corrected chi connectivity index (χ1v) is 6.34. The first-order chi connectivity index (χ1) is 8.27. The number of Topliss-reactive ketones (excluding diaryl/α,β-unsaturated/α-hetero) is 1. The van der Waals surface area contributed by atoms with Gasteiger partial charge in [-0.25, -0.2) is 0 Å². The summed E-state index contributed by atoms with van der Waals surface area (Å²) >= 11 is 0. The average Bonchev–Trinajstić information content (AvgIpc) is 2.29. The highest BCUT2D eigenvalue weighted by Crippen LogP contribution is 2.16. The van der Waals surface area contributed by atoms with Gasteiger partial charge in [0.05, 0.1) is 0 Å². The van der Waals surface area contributed by atoms with Crippen LogP contribution >= 0.6 is 0 Å². The zero-order chi connectivity index (χ0) is 12.1. The zero-order valence-electron chi connectivity index (χ0n) is 10.4. The van der Waals surface area contributed by atoms with E-state index in [0.717, 1.165) is 31.7 Å². The summed E-state index contributed by atoms with van der Waals surface area (Å²) in [4.78, 5) is 13.6. The summed E-state index contributed by atoms with van der Waals surface area (Å²) < 4.78 is 0. The quantitative estimate of drug-likeness (QED) is 0.792. The Hall–Kier alpha value is -1.35. The molecule has 0 bridgehead atoms. The van der Waals surface area contributed by atoms with Gasteiger partial charge in [0.15, 0.2) is 5.78 Å². The van der Waals surface area contributed by atoms with E-state index in [0.29, 0.717) is 0 Å². The van der Waals surface area contributed by atoms with Gasteiger partial charge in [-0.15, -0.1) is 0 Å². The van der Waals surface area contributed by atoms with Crippen LogP contribution in [0.15, 0.2) is 24.3 Å². The topological polar surface area (TPSA) is 32.3 Å². The fourth-order valence-electron chi connectivity index (χ4n) is 2.19. The molecule has 0 aliphatic carbocycles. The minimum absolute atomic E-state index is 0.133. The molecule has 1 aliphatic heterocycles. The Labute approximate surface area is 103 Å². The SMILES string of the molecule is CC(=O)c1ccc(N2CCCNCCC2)cc1. The van der Waals surface area contributed by atoms with Gasteiger partial charge in [0.2, 0.25) is 0 Å². The van der Waals surface area contributed by atoms with Crippen molar-refractivity contribution in [1.29, 1.82) is 0 Å². The second kappa shape index (κ2) is 5.82. The monoisotopic (exact) mass is 232 g/mol. The average molecular weight is 232 g/mol. The number of ketones is 1. The van der Waals surface area contributed by atoms with Gasteiger partial charge in [-0.2, -0.15) is 0 Å². The second-order valence-corrected chi connectivity index (χ2v) is 4.55. The Morgan fingerprint density at radius 3 is 2.24 bits per heavy atom. The third-order valence-corrected chi connectivity index (χ3v) is 3.20. The molecular weight excluding hydrogens is 212 g/mol. The maximum absolute atomic E-state index is 11.2. The van der Waals surface area contributed by atoms with E-state index in [2.05, 4.69) is 22.3 Å². The fourth-order valence-corrected chi connectivity index (χ4v) is 2.19. The summed E-state index contributed by atoms with van der Waals surface area (Å²) in [6, 6.07) is 7.97. The first kappa shape index (κ1) is 12.1. The van der Waals surface area contributed by atoms with E-state index < -0.39 is 0 Å².